The van der Waals surface area contributed by atoms with Crippen molar-refractivity contribution >= 4 is 0 Å². The first kappa shape index (κ1) is 9.66. The van der Waals surface area contributed by atoms with Gasteiger partial charge in [-0.15, -0.1) is 0 Å². The van der Waals surface area contributed by atoms with E-state index in [0.29, 0.717) is 0 Å². The summed E-state index contributed by atoms with van der Waals surface area (Å²) in [5.74, 6) is 1.03. The molecule has 0 saturated heterocycles. The molecule has 2 rings (SSSR count). The zero-order valence-corrected chi connectivity index (χ0v) is 8.79. The average Bonchev–Trinajstić information content (AvgIpc) is 2.99. The summed E-state index contributed by atoms with van der Waals surface area (Å²) in [6.45, 7) is 4.26. The van der Waals surface area contributed by atoms with Crippen molar-refractivity contribution in [1.29, 1.82) is 0 Å². The first-order chi connectivity index (χ1) is 6.86. The van der Waals surface area contributed by atoms with Crippen molar-refractivity contribution in [2.75, 3.05) is 6.54 Å². The number of nitrogens with zero attached hydrogens (tertiary/aromatic N) is 1. The Bertz CT molecular complexity index is 292. The second kappa shape index (κ2) is 4.56. The van der Waals surface area contributed by atoms with Crippen LogP contribution in [0.4, 0.5) is 0 Å². The summed E-state index contributed by atoms with van der Waals surface area (Å²) in [5, 5.41) is 3.49. The fourth-order valence-corrected chi connectivity index (χ4v) is 1.64. The molecule has 1 N–H and O–H groups in total. The Morgan fingerprint density at radius 2 is 2.36 bits per heavy atom. The maximum atomic E-state index is 4.08. The molecule has 1 saturated carbocycles. The number of aryl methyl sites for hydroxylation is 1. The largest absolute Gasteiger partial charge is 0.313 e. The molecule has 0 amide bonds. The summed E-state index contributed by atoms with van der Waals surface area (Å²) in [6, 6.07) is 2.10. The van der Waals surface area contributed by atoms with E-state index in [1.165, 1.54) is 30.4 Å². The van der Waals surface area contributed by atoms with Crippen LogP contribution in [0.3, 0.4) is 0 Å². The van der Waals surface area contributed by atoms with E-state index in [2.05, 4.69) is 23.3 Å². The fourth-order valence-electron chi connectivity index (χ4n) is 1.64. The predicted molar refractivity (Wildman–Crippen MR) is 58.0 cm³/mol. The van der Waals surface area contributed by atoms with Gasteiger partial charge in [0.1, 0.15) is 0 Å². The number of pyridine rings is 1. The molecule has 0 aromatic carbocycles. The molecule has 1 aromatic heterocycles. The smallest absolute Gasteiger partial charge is 0.0300 e. The molecule has 0 spiro atoms. The number of nitrogens with one attached hydrogen (secondary N) is 1. The van der Waals surface area contributed by atoms with E-state index in [-0.39, 0.29) is 0 Å². The molecule has 1 fully saturated rings. The monoisotopic (exact) mass is 190 g/mol. The van der Waals surface area contributed by atoms with Gasteiger partial charge in [-0.05, 0) is 43.0 Å². The molecule has 0 radical (unpaired) electrons. The Labute approximate surface area is 85.7 Å². The Morgan fingerprint density at radius 3 is 3.07 bits per heavy atom. The fraction of sp³-hybridized carbons (Fsp3) is 0.583. The highest BCUT2D eigenvalue weighted by Gasteiger charge is 2.19. The van der Waals surface area contributed by atoms with E-state index in [1.54, 1.807) is 0 Å². The lowest BCUT2D eigenvalue weighted by atomic mass is 10.1. The van der Waals surface area contributed by atoms with Gasteiger partial charge in [0.15, 0.2) is 0 Å². The van der Waals surface area contributed by atoms with Gasteiger partial charge in [-0.2, -0.15) is 0 Å². The van der Waals surface area contributed by atoms with Crippen LogP contribution in [0.2, 0.25) is 0 Å². The average molecular weight is 190 g/mol. The van der Waals surface area contributed by atoms with Crippen LogP contribution in [0.15, 0.2) is 18.5 Å². The van der Waals surface area contributed by atoms with Crippen molar-refractivity contribution in [2.24, 2.45) is 5.92 Å². The SMILES string of the molecule is Cc1cnccc1CNCCC1CC1. The summed E-state index contributed by atoms with van der Waals surface area (Å²) in [4.78, 5) is 4.08. The minimum absolute atomic E-state index is 0.987. The van der Waals surface area contributed by atoms with Gasteiger partial charge in [0, 0.05) is 18.9 Å². The molecule has 76 valence electrons. The zero-order chi connectivity index (χ0) is 9.80. The zero-order valence-electron chi connectivity index (χ0n) is 8.79. The quantitative estimate of drug-likeness (QED) is 0.720. The van der Waals surface area contributed by atoms with Gasteiger partial charge in [-0.25, -0.2) is 0 Å². The van der Waals surface area contributed by atoms with Crippen LogP contribution in [0.1, 0.15) is 30.4 Å². The number of aromatic nitrogens is 1. The summed E-state index contributed by atoms with van der Waals surface area (Å²) >= 11 is 0. The van der Waals surface area contributed by atoms with E-state index in [0.717, 1.165) is 19.0 Å². The van der Waals surface area contributed by atoms with Gasteiger partial charge in [0.05, 0.1) is 0 Å². The molecule has 0 unspecified atom stereocenters. The van der Waals surface area contributed by atoms with E-state index < -0.39 is 0 Å². The van der Waals surface area contributed by atoms with E-state index in [9.17, 15) is 0 Å². The summed E-state index contributed by atoms with van der Waals surface area (Å²) in [5.41, 5.74) is 2.65. The van der Waals surface area contributed by atoms with Crippen LogP contribution in [0, 0.1) is 12.8 Å². The van der Waals surface area contributed by atoms with E-state index in [4.69, 9.17) is 0 Å². The number of hydrogen-bond acceptors (Lipinski definition) is 2. The number of rotatable bonds is 5. The van der Waals surface area contributed by atoms with Gasteiger partial charge in [0.25, 0.3) is 0 Å². The first-order valence-electron chi connectivity index (χ1n) is 5.46. The van der Waals surface area contributed by atoms with Gasteiger partial charge in [-0.1, -0.05) is 12.8 Å². The van der Waals surface area contributed by atoms with Crippen LogP contribution >= 0.6 is 0 Å². The molecule has 1 aliphatic carbocycles. The molecular formula is C12H18N2. The van der Waals surface area contributed by atoms with Crippen LogP contribution in [0.5, 0.6) is 0 Å². The minimum atomic E-state index is 0.987. The van der Waals surface area contributed by atoms with Crippen LogP contribution in [-0.4, -0.2) is 11.5 Å². The molecule has 14 heavy (non-hydrogen) atoms. The predicted octanol–water partition coefficient (Wildman–Crippen LogP) is 2.28. The van der Waals surface area contributed by atoms with Gasteiger partial charge in [0.2, 0.25) is 0 Å². The van der Waals surface area contributed by atoms with Crippen molar-refractivity contribution in [3.63, 3.8) is 0 Å². The third-order valence-corrected chi connectivity index (χ3v) is 2.88. The maximum absolute atomic E-state index is 4.08. The Hall–Kier alpha value is -0.890. The summed E-state index contributed by atoms with van der Waals surface area (Å²) in [7, 11) is 0. The van der Waals surface area contributed by atoms with E-state index >= 15 is 0 Å². The molecule has 0 atom stereocenters. The summed E-state index contributed by atoms with van der Waals surface area (Å²) in [6.07, 6.45) is 8.05. The van der Waals surface area contributed by atoms with Crippen LogP contribution in [0.25, 0.3) is 0 Å². The normalized spacial score (nSPS) is 15.8. The molecule has 1 aromatic rings. The van der Waals surface area contributed by atoms with Crippen molar-refractivity contribution in [3.05, 3.63) is 29.6 Å². The number of hydrogen-bond donors (Lipinski definition) is 1. The first-order valence-corrected chi connectivity index (χ1v) is 5.46. The molecule has 1 heterocycles. The molecular weight excluding hydrogens is 172 g/mol. The van der Waals surface area contributed by atoms with Crippen molar-refractivity contribution in [1.82, 2.24) is 10.3 Å². The molecule has 2 heteroatoms. The molecule has 0 aliphatic heterocycles. The van der Waals surface area contributed by atoms with Gasteiger partial charge >= 0.3 is 0 Å². The highest BCUT2D eigenvalue weighted by atomic mass is 14.8. The standard InChI is InChI=1S/C12H18N2/c1-10-8-13-7-5-12(10)9-14-6-4-11-2-3-11/h5,7-8,11,14H,2-4,6,9H2,1H3. The lowest BCUT2D eigenvalue weighted by Gasteiger charge is -2.06. The third-order valence-electron chi connectivity index (χ3n) is 2.88. The Kier molecular flexibility index (Phi) is 3.14. The maximum Gasteiger partial charge on any atom is 0.0300 e. The highest BCUT2D eigenvalue weighted by molar-refractivity contribution is 5.21. The lowest BCUT2D eigenvalue weighted by molar-refractivity contribution is 0.611. The van der Waals surface area contributed by atoms with Crippen molar-refractivity contribution in [3.8, 4) is 0 Å². The topological polar surface area (TPSA) is 24.9 Å². The minimum Gasteiger partial charge on any atom is -0.313 e. The second-order valence-electron chi connectivity index (χ2n) is 4.21. The molecule has 2 nitrogen and oxygen atoms in total. The van der Waals surface area contributed by atoms with Crippen molar-refractivity contribution in [2.45, 2.75) is 32.7 Å². The Morgan fingerprint density at radius 1 is 1.50 bits per heavy atom. The van der Waals surface area contributed by atoms with Gasteiger partial charge < -0.3 is 5.32 Å². The molecule has 0 bridgehead atoms. The lowest BCUT2D eigenvalue weighted by Crippen LogP contribution is -2.15. The Balaban J connectivity index is 1.71. The van der Waals surface area contributed by atoms with Crippen LogP contribution < -0.4 is 5.32 Å². The third kappa shape index (κ3) is 2.81. The van der Waals surface area contributed by atoms with Gasteiger partial charge in [-0.3, -0.25) is 4.98 Å². The highest BCUT2D eigenvalue weighted by Crippen LogP contribution is 2.31. The van der Waals surface area contributed by atoms with Crippen LogP contribution in [-0.2, 0) is 6.54 Å². The molecule has 1 aliphatic rings. The van der Waals surface area contributed by atoms with Crippen molar-refractivity contribution < 1.29 is 0 Å². The summed E-state index contributed by atoms with van der Waals surface area (Å²) < 4.78 is 0. The second-order valence-corrected chi connectivity index (χ2v) is 4.21. The van der Waals surface area contributed by atoms with E-state index in [1.807, 2.05) is 12.4 Å².